The third-order valence-electron chi connectivity index (χ3n) is 3.76. The third-order valence-corrected chi connectivity index (χ3v) is 4.50. The molecule has 9 heteroatoms. The van der Waals surface area contributed by atoms with Crippen LogP contribution in [0.5, 0.6) is 0 Å². The van der Waals surface area contributed by atoms with Crippen molar-refractivity contribution in [1.82, 2.24) is 20.6 Å². The normalized spacial score (nSPS) is 11.3. The van der Waals surface area contributed by atoms with Gasteiger partial charge in [0.1, 0.15) is 11.5 Å². The van der Waals surface area contributed by atoms with Crippen molar-refractivity contribution in [2.24, 2.45) is 5.73 Å². The largest absolute Gasteiger partial charge is 0.467 e. The number of nitrogens with two attached hydrogens (primary N) is 1. The van der Waals surface area contributed by atoms with Crippen LogP contribution in [0.25, 0.3) is 5.70 Å². The van der Waals surface area contributed by atoms with Crippen molar-refractivity contribution in [2.75, 3.05) is 0 Å². The molecule has 144 valence electrons. The molecule has 2 amide bonds. The predicted molar refractivity (Wildman–Crippen MR) is 108 cm³/mol. The lowest BCUT2D eigenvalue weighted by molar-refractivity contribution is 0.243. The van der Waals surface area contributed by atoms with Crippen LogP contribution in [0, 0.1) is 0 Å². The van der Waals surface area contributed by atoms with Gasteiger partial charge in [-0.15, -0.1) is 0 Å². The average Bonchev–Trinajstić information content (AvgIpc) is 3.22. The summed E-state index contributed by atoms with van der Waals surface area (Å²) in [5.41, 5.74) is 7.75. The fraction of sp³-hybridized carbons (Fsp3) is 0.105. The van der Waals surface area contributed by atoms with Gasteiger partial charge in [-0.2, -0.15) is 0 Å². The SMILES string of the molecule is NC=C(NC(=O)NCc1ccco1)c1ncc(Cc2ccc(Cl)c(Cl)c2)cn1. The van der Waals surface area contributed by atoms with E-state index in [1.807, 2.05) is 6.07 Å². The number of aromatic nitrogens is 2. The summed E-state index contributed by atoms with van der Waals surface area (Å²) >= 11 is 12.0. The third kappa shape index (κ3) is 5.25. The first kappa shape index (κ1) is 19.7. The van der Waals surface area contributed by atoms with Crippen molar-refractivity contribution < 1.29 is 9.21 Å². The second-order valence-electron chi connectivity index (χ2n) is 5.81. The number of amides is 2. The molecule has 0 aliphatic rings. The zero-order valence-corrected chi connectivity index (χ0v) is 16.2. The molecular formula is C19H17Cl2N5O2. The number of nitrogens with one attached hydrogen (secondary N) is 2. The van der Waals surface area contributed by atoms with Gasteiger partial charge in [0, 0.05) is 25.0 Å². The van der Waals surface area contributed by atoms with Gasteiger partial charge >= 0.3 is 6.03 Å². The maximum Gasteiger partial charge on any atom is 0.319 e. The summed E-state index contributed by atoms with van der Waals surface area (Å²) in [6.07, 6.45) is 6.69. The number of nitrogens with zero attached hydrogens (tertiary/aromatic N) is 2. The van der Waals surface area contributed by atoms with Crippen molar-refractivity contribution in [2.45, 2.75) is 13.0 Å². The van der Waals surface area contributed by atoms with Crippen molar-refractivity contribution >= 4 is 34.9 Å². The van der Waals surface area contributed by atoms with Gasteiger partial charge in [0.2, 0.25) is 0 Å². The van der Waals surface area contributed by atoms with E-state index >= 15 is 0 Å². The highest BCUT2D eigenvalue weighted by molar-refractivity contribution is 6.42. The first-order valence-corrected chi connectivity index (χ1v) is 9.05. The van der Waals surface area contributed by atoms with Crippen LogP contribution >= 0.6 is 23.2 Å². The van der Waals surface area contributed by atoms with Crippen molar-refractivity contribution in [3.63, 3.8) is 0 Å². The van der Waals surface area contributed by atoms with E-state index in [4.69, 9.17) is 33.4 Å². The van der Waals surface area contributed by atoms with Gasteiger partial charge in [-0.1, -0.05) is 29.3 Å². The van der Waals surface area contributed by atoms with Crippen molar-refractivity contribution in [3.8, 4) is 0 Å². The molecule has 4 N–H and O–H groups in total. The Labute approximate surface area is 171 Å². The molecule has 7 nitrogen and oxygen atoms in total. The van der Waals surface area contributed by atoms with E-state index in [2.05, 4.69) is 20.6 Å². The van der Waals surface area contributed by atoms with Gasteiger partial charge in [-0.25, -0.2) is 14.8 Å². The Balaban J connectivity index is 1.60. The zero-order chi connectivity index (χ0) is 19.9. The topological polar surface area (TPSA) is 106 Å². The highest BCUT2D eigenvalue weighted by atomic mass is 35.5. The van der Waals surface area contributed by atoms with E-state index in [0.717, 1.165) is 11.1 Å². The highest BCUT2D eigenvalue weighted by Gasteiger charge is 2.10. The number of urea groups is 1. The monoisotopic (exact) mass is 417 g/mol. The molecule has 3 aromatic rings. The van der Waals surface area contributed by atoms with Crippen LogP contribution < -0.4 is 16.4 Å². The Morgan fingerprint density at radius 1 is 1.14 bits per heavy atom. The minimum atomic E-state index is -0.448. The van der Waals surface area contributed by atoms with Crippen LogP contribution in [0.15, 0.2) is 59.6 Å². The number of hydrogen-bond acceptors (Lipinski definition) is 5. The molecule has 1 aromatic carbocycles. The molecule has 2 heterocycles. The zero-order valence-electron chi connectivity index (χ0n) is 14.7. The fourth-order valence-corrected chi connectivity index (χ4v) is 2.71. The van der Waals surface area contributed by atoms with Crippen molar-refractivity contribution in [1.29, 1.82) is 0 Å². The minimum absolute atomic E-state index is 0.250. The fourth-order valence-electron chi connectivity index (χ4n) is 2.39. The number of carbonyl (C=O) groups excluding carboxylic acids is 1. The average molecular weight is 418 g/mol. The van der Waals surface area contributed by atoms with E-state index in [1.54, 1.807) is 36.7 Å². The first-order valence-electron chi connectivity index (χ1n) is 8.29. The number of halogens is 2. The molecule has 0 radical (unpaired) electrons. The van der Waals surface area contributed by atoms with Crippen LogP contribution in [-0.4, -0.2) is 16.0 Å². The molecule has 0 fully saturated rings. The first-order chi connectivity index (χ1) is 13.5. The molecule has 0 atom stereocenters. The quantitative estimate of drug-likeness (QED) is 0.566. The molecule has 0 spiro atoms. The van der Waals surface area contributed by atoms with Crippen LogP contribution in [0.4, 0.5) is 4.79 Å². The molecule has 0 saturated carbocycles. The molecular weight excluding hydrogens is 401 g/mol. The van der Waals surface area contributed by atoms with E-state index in [9.17, 15) is 4.79 Å². The smallest absolute Gasteiger partial charge is 0.319 e. The lowest BCUT2D eigenvalue weighted by Crippen LogP contribution is -2.34. The van der Waals surface area contributed by atoms with Crippen LogP contribution in [0.2, 0.25) is 10.0 Å². The Morgan fingerprint density at radius 3 is 2.57 bits per heavy atom. The van der Waals surface area contributed by atoms with Crippen molar-refractivity contribution in [3.05, 3.63) is 87.9 Å². The molecule has 28 heavy (non-hydrogen) atoms. The summed E-state index contributed by atoms with van der Waals surface area (Å²) in [4.78, 5) is 20.5. The number of furan rings is 1. The summed E-state index contributed by atoms with van der Waals surface area (Å²) in [5, 5.41) is 6.27. The second kappa shape index (κ2) is 9.25. The molecule has 3 rings (SSSR count). The standard InChI is InChI=1S/C19H17Cl2N5O2/c20-15-4-3-12(7-16(15)21)6-13-9-23-18(24-10-13)17(8-22)26-19(27)25-11-14-2-1-5-28-14/h1-5,7-10H,6,11,22H2,(H2,25,26,27). The van der Waals surface area contributed by atoms with Gasteiger partial charge in [-0.3, -0.25) is 0 Å². The molecule has 0 unspecified atom stereocenters. The molecule has 0 aliphatic heterocycles. The van der Waals surface area contributed by atoms with Gasteiger partial charge in [-0.05, 0) is 35.4 Å². The number of carbonyl (C=O) groups is 1. The van der Waals surface area contributed by atoms with E-state index in [1.165, 1.54) is 12.5 Å². The summed E-state index contributed by atoms with van der Waals surface area (Å²) in [6.45, 7) is 0.250. The minimum Gasteiger partial charge on any atom is -0.467 e. The second-order valence-corrected chi connectivity index (χ2v) is 6.62. The lowest BCUT2D eigenvalue weighted by atomic mass is 10.1. The summed E-state index contributed by atoms with van der Waals surface area (Å²) in [7, 11) is 0. The maximum atomic E-state index is 12.0. The summed E-state index contributed by atoms with van der Waals surface area (Å²) in [6, 6.07) is 8.49. The Bertz CT molecular complexity index is 972. The summed E-state index contributed by atoms with van der Waals surface area (Å²) in [5.74, 6) is 0.935. The van der Waals surface area contributed by atoms with Gasteiger partial charge in [0.05, 0.1) is 22.9 Å². The van der Waals surface area contributed by atoms with Gasteiger partial charge < -0.3 is 20.8 Å². The molecule has 0 aliphatic carbocycles. The predicted octanol–water partition coefficient (Wildman–Crippen LogP) is 3.72. The molecule has 0 saturated heterocycles. The number of rotatable bonds is 6. The van der Waals surface area contributed by atoms with Gasteiger partial charge in [0.25, 0.3) is 0 Å². The van der Waals surface area contributed by atoms with E-state index in [-0.39, 0.29) is 12.2 Å². The highest BCUT2D eigenvalue weighted by Crippen LogP contribution is 2.23. The summed E-state index contributed by atoms with van der Waals surface area (Å²) < 4.78 is 5.15. The maximum absolute atomic E-state index is 12.0. The Hall–Kier alpha value is -3.03. The Morgan fingerprint density at radius 2 is 1.93 bits per heavy atom. The molecule has 2 aromatic heterocycles. The van der Waals surface area contributed by atoms with Crippen LogP contribution in [0.1, 0.15) is 22.7 Å². The lowest BCUT2D eigenvalue weighted by Gasteiger charge is -2.09. The van der Waals surface area contributed by atoms with Crippen LogP contribution in [-0.2, 0) is 13.0 Å². The van der Waals surface area contributed by atoms with Gasteiger partial charge in [0.15, 0.2) is 5.82 Å². The van der Waals surface area contributed by atoms with E-state index in [0.29, 0.717) is 28.1 Å². The number of benzene rings is 1. The Kier molecular flexibility index (Phi) is 6.52. The molecule has 0 bridgehead atoms. The number of hydrogen-bond donors (Lipinski definition) is 3. The van der Waals surface area contributed by atoms with Crippen LogP contribution in [0.3, 0.4) is 0 Å². The van der Waals surface area contributed by atoms with E-state index < -0.39 is 6.03 Å².